The highest BCUT2D eigenvalue weighted by atomic mass is 14.6. The zero-order valence-corrected chi connectivity index (χ0v) is 6.83. The van der Waals surface area contributed by atoms with Crippen molar-refractivity contribution in [3.8, 4) is 0 Å². The van der Waals surface area contributed by atoms with Gasteiger partial charge in [0.05, 0.1) is 5.52 Å². The molecular weight excluding hydrogens is 146 g/mol. The summed E-state index contributed by atoms with van der Waals surface area (Å²) in [5.41, 5.74) is 2.31. The minimum absolute atomic E-state index is 0.838. The lowest BCUT2D eigenvalue weighted by Crippen LogP contribution is -1.81. The number of rotatable bonds is 1. The summed E-state index contributed by atoms with van der Waals surface area (Å²) in [4.78, 5) is 4.24. The van der Waals surface area contributed by atoms with Gasteiger partial charge in [0.25, 0.3) is 0 Å². The molecule has 0 amide bonds. The molecular formula is C11H10N. The molecule has 0 aliphatic heterocycles. The zero-order chi connectivity index (χ0) is 8.39. The van der Waals surface area contributed by atoms with Crippen molar-refractivity contribution in [2.24, 2.45) is 0 Å². The number of pyridine rings is 1. The SMILES string of the molecule is [CH2]Cc1ccc2ncccc2c1. The van der Waals surface area contributed by atoms with Crippen molar-refractivity contribution in [1.29, 1.82) is 0 Å². The van der Waals surface area contributed by atoms with Gasteiger partial charge in [-0.25, -0.2) is 0 Å². The van der Waals surface area contributed by atoms with Gasteiger partial charge in [-0.15, -0.1) is 0 Å². The molecule has 12 heavy (non-hydrogen) atoms. The Bertz CT molecular complexity index is 393. The lowest BCUT2D eigenvalue weighted by molar-refractivity contribution is 1.28. The molecule has 1 heteroatoms. The van der Waals surface area contributed by atoms with Gasteiger partial charge in [0.1, 0.15) is 0 Å². The molecule has 0 atom stereocenters. The van der Waals surface area contributed by atoms with E-state index in [2.05, 4.69) is 30.1 Å². The van der Waals surface area contributed by atoms with Crippen molar-refractivity contribution in [1.82, 2.24) is 4.98 Å². The van der Waals surface area contributed by atoms with Crippen LogP contribution in [0.4, 0.5) is 0 Å². The number of aromatic nitrogens is 1. The van der Waals surface area contributed by atoms with Crippen LogP contribution in [0.25, 0.3) is 10.9 Å². The second kappa shape index (κ2) is 2.94. The van der Waals surface area contributed by atoms with Crippen LogP contribution in [-0.4, -0.2) is 4.98 Å². The molecule has 0 aliphatic rings. The second-order valence-electron chi connectivity index (χ2n) is 2.78. The molecule has 1 aromatic carbocycles. The highest BCUT2D eigenvalue weighted by Crippen LogP contribution is 2.12. The van der Waals surface area contributed by atoms with Crippen molar-refractivity contribution >= 4 is 10.9 Å². The monoisotopic (exact) mass is 156 g/mol. The van der Waals surface area contributed by atoms with Crippen molar-refractivity contribution < 1.29 is 0 Å². The predicted octanol–water partition coefficient (Wildman–Crippen LogP) is 2.61. The van der Waals surface area contributed by atoms with E-state index in [1.54, 1.807) is 0 Å². The van der Waals surface area contributed by atoms with E-state index in [-0.39, 0.29) is 0 Å². The fourth-order valence-electron chi connectivity index (χ4n) is 1.28. The second-order valence-corrected chi connectivity index (χ2v) is 2.78. The summed E-state index contributed by atoms with van der Waals surface area (Å²) in [7, 11) is 0. The van der Waals surface area contributed by atoms with Crippen LogP contribution in [-0.2, 0) is 6.42 Å². The Morgan fingerprint density at radius 2 is 2.17 bits per heavy atom. The first-order valence-corrected chi connectivity index (χ1v) is 4.03. The maximum Gasteiger partial charge on any atom is 0.0702 e. The molecule has 1 nitrogen and oxygen atoms in total. The van der Waals surface area contributed by atoms with E-state index >= 15 is 0 Å². The molecule has 0 spiro atoms. The van der Waals surface area contributed by atoms with E-state index in [0.29, 0.717) is 0 Å². The maximum absolute atomic E-state index is 4.24. The van der Waals surface area contributed by atoms with E-state index in [9.17, 15) is 0 Å². The van der Waals surface area contributed by atoms with Crippen LogP contribution >= 0.6 is 0 Å². The van der Waals surface area contributed by atoms with E-state index in [1.807, 2.05) is 18.3 Å². The summed E-state index contributed by atoms with van der Waals surface area (Å²) in [5, 5.41) is 1.19. The molecule has 2 aromatic rings. The predicted molar refractivity (Wildman–Crippen MR) is 50.8 cm³/mol. The third-order valence-electron chi connectivity index (χ3n) is 1.96. The normalized spacial score (nSPS) is 10.4. The lowest BCUT2D eigenvalue weighted by Gasteiger charge is -1.98. The van der Waals surface area contributed by atoms with Crippen molar-refractivity contribution in [2.75, 3.05) is 0 Å². The van der Waals surface area contributed by atoms with Crippen LogP contribution in [0.5, 0.6) is 0 Å². The Kier molecular flexibility index (Phi) is 1.78. The van der Waals surface area contributed by atoms with E-state index in [4.69, 9.17) is 0 Å². The molecule has 0 saturated carbocycles. The first kappa shape index (κ1) is 7.29. The van der Waals surface area contributed by atoms with Crippen molar-refractivity contribution in [3.05, 3.63) is 49.0 Å². The quantitative estimate of drug-likeness (QED) is 0.618. The van der Waals surface area contributed by atoms with Crippen LogP contribution < -0.4 is 0 Å². The van der Waals surface area contributed by atoms with Gasteiger partial charge in [-0.1, -0.05) is 12.1 Å². The summed E-state index contributed by atoms with van der Waals surface area (Å²) in [5.74, 6) is 0. The number of fused-ring (bicyclic) bond motifs is 1. The Morgan fingerprint density at radius 3 is 3.00 bits per heavy atom. The highest BCUT2D eigenvalue weighted by Gasteiger charge is 1.93. The standard InChI is InChI=1S/C11H10N/c1-2-9-5-6-11-10(8-9)4-3-7-12-11/h3-8H,1-2H2. The van der Waals surface area contributed by atoms with Gasteiger partial charge >= 0.3 is 0 Å². The maximum atomic E-state index is 4.24. The zero-order valence-electron chi connectivity index (χ0n) is 6.83. The molecule has 59 valence electrons. The van der Waals surface area contributed by atoms with Crippen molar-refractivity contribution in [2.45, 2.75) is 6.42 Å². The molecule has 0 saturated heterocycles. The summed E-state index contributed by atoms with van der Waals surface area (Å²) in [6.07, 6.45) is 2.65. The Hall–Kier alpha value is -1.37. The summed E-state index contributed by atoms with van der Waals surface area (Å²) >= 11 is 0. The van der Waals surface area contributed by atoms with Gasteiger partial charge in [0.15, 0.2) is 0 Å². The Morgan fingerprint density at radius 1 is 1.25 bits per heavy atom. The number of benzene rings is 1. The van der Waals surface area contributed by atoms with Gasteiger partial charge in [-0.05, 0) is 37.1 Å². The molecule has 0 N–H and O–H groups in total. The van der Waals surface area contributed by atoms with Crippen LogP contribution in [0.1, 0.15) is 5.56 Å². The average Bonchev–Trinajstić information content (AvgIpc) is 2.17. The van der Waals surface area contributed by atoms with Crippen LogP contribution in [0.3, 0.4) is 0 Å². The fraction of sp³-hybridized carbons (Fsp3) is 0.0909. The van der Waals surface area contributed by atoms with Gasteiger partial charge in [-0.3, -0.25) is 4.98 Å². The van der Waals surface area contributed by atoms with E-state index in [0.717, 1.165) is 11.9 Å². The third-order valence-corrected chi connectivity index (χ3v) is 1.96. The van der Waals surface area contributed by atoms with Crippen LogP contribution in [0, 0.1) is 6.92 Å². The van der Waals surface area contributed by atoms with Crippen molar-refractivity contribution in [3.63, 3.8) is 0 Å². The molecule has 0 aliphatic carbocycles. The Labute approximate surface area is 72.1 Å². The Balaban J connectivity index is 2.67. The molecule has 0 bridgehead atoms. The summed E-state index contributed by atoms with van der Waals surface area (Å²) in [6.45, 7) is 3.84. The summed E-state index contributed by atoms with van der Waals surface area (Å²) in [6, 6.07) is 10.3. The van der Waals surface area contributed by atoms with Gasteiger partial charge in [0, 0.05) is 11.6 Å². The largest absolute Gasteiger partial charge is 0.256 e. The van der Waals surface area contributed by atoms with Gasteiger partial charge < -0.3 is 0 Å². The van der Waals surface area contributed by atoms with E-state index < -0.39 is 0 Å². The molecule has 0 unspecified atom stereocenters. The van der Waals surface area contributed by atoms with Gasteiger partial charge in [-0.2, -0.15) is 0 Å². The minimum Gasteiger partial charge on any atom is -0.256 e. The van der Waals surface area contributed by atoms with Crippen LogP contribution in [0.15, 0.2) is 36.5 Å². The first-order chi connectivity index (χ1) is 5.90. The van der Waals surface area contributed by atoms with E-state index in [1.165, 1.54) is 10.9 Å². The summed E-state index contributed by atoms with van der Waals surface area (Å²) < 4.78 is 0. The lowest BCUT2D eigenvalue weighted by atomic mass is 10.1. The van der Waals surface area contributed by atoms with Crippen LogP contribution in [0.2, 0.25) is 0 Å². The molecule has 0 fully saturated rings. The fourth-order valence-corrected chi connectivity index (χ4v) is 1.28. The molecule has 1 aromatic heterocycles. The number of hydrogen-bond donors (Lipinski definition) is 0. The van der Waals surface area contributed by atoms with Gasteiger partial charge in [0.2, 0.25) is 0 Å². The smallest absolute Gasteiger partial charge is 0.0702 e. The highest BCUT2D eigenvalue weighted by molar-refractivity contribution is 5.78. The minimum atomic E-state index is 0.838. The molecule has 1 heterocycles. The molecule has 1 radical (unpaired) electrons. The number of nitrogens with zero attached hydrogens (tertiary/aromatic N) is 1. The average molecular weight is 156 g/mol. The number of hydrogen-bond acceptors (Lipinski definition) is 1. The molecule has 2 rings (SSSR count). The topological polar surface area (TPSA) is 12.9 Å². The third kappa shape index (κ3) is 1.18. The first-order valence-electron chi connectivity index (χ1n) is 4.03.